The zero-order chi connectivity index (χ0) is 21.0. The summed E-state index contributed by atoms with van der Waals surface area (Å²) in [6, 6.07) is 5.25. The SMILES string of the molecule is CC(C)CNC(=O)C[C@H]1C[C@@]2(O)[C@H]3Cc4ccc(O)cc4[C@@]2(CCN3C)CC1=O. The summed E-state index contributed by atoms with van der Waals surface area (Å²) in [5.41, 5.74) is 0.251. The summed E-state index contributed by atoms with van der Waals surface area (Å²) in [5.74, 6) is -0.0181. The van der Waals surface area contributed by atoms with Gasteiger partial charge in [-0.1, -0.05) is 19.9 Å². The summed E-state index contributed by atoms with van der Waals surface area (Å²) in [7, 11) is 2.03. The van der Waals surface area contributed by atoms with E-state index < -0.39 is 16.9 Å². The topological polar surface area (TPSA) is 89.9 Å². The van der Waals surface area contributed by atoms with Gasteiger partial charge < -0.3 is 20.4 Å². The molecule has 0 unspecified atom stereocenters. The van der Waals surface area contributed by atoms with Crippen LogP contribution in [-0.2, 0) is 21.4 Å². The number of carbonyl (C=O) groups excluding carboxylic acids is 2. The van der Waals surface area contributed by atoms with E-state index in [2.05, 4.69) is 10.2 Å². The van der Waals surface area contributed by atoms with E-state index >= 15 is 0 Å². The van der Waals surface area contributed by atoms with Gasteiger partial charge in [-0.2, -0.15) is 0 Å². The highest BCUT2D eigenvalue weighted by atomic mass is 16.3. The minimum atomic E-state index is -1.09. The molecule has 158 valence electrons. The molecule has 0 aromatic heterocycles. The van der Waals surface area contributed by atoms with E-state index in [9.17, 15) is 19.8 Å². The van der Waals surface area contributed by atoms with Crippen molar-refractivity contribution in [2.45, 2.75) is 63.0 Å². The molecular formula is C23H32N2O4. The lowest BCUT2D eigenvalue weighted by Gasteiger charge is -2.63. The number of amides is 1. The molecule has 1 heterocycles. The number of benzene rings is 1. The van der Waals surface area contributed by atoms with Crippen molar-refractivity contribution in [3.05, 3.63) is 29.3 Å². The Balaban J connectivity index is 1.68. The molecule has 4 atom stereocenters. The van der Waals surface area contributed by atoms with Gasteiger partial charge in [0, 0.05) is 36.8 Å². The highest BCUT2D eigenvalue weighted by molar-refractivity contribution is 5.89. The molecule has 1 aromatic rings. The second kappa shape index (κ2) is 7.10. The Morgan fingerprint density at radius 3 is 2.86 bits per heavy atom. The first-order chi connectivity index (χ1) is 13.7. The number of piperidine rings is 1. The number of Topliss-reactive ketones (excluding diaryl/α,β-unsaturated/α-hetero) is 1. The normalized spacial score (nSPS) is 33.9. The first-order valence-corrected chi connectivity index (χ1v) is 10.7. The summed E-state index contributed by atoms with van der Waals surface area (Å²) < 4.78 is 0. The predicted octanol–water partition coefficient (Wildman–Crippen LogP) is 1.76. The Kier molecular flexibility index (Phi) is 4.98. The Hall–Kier alpha value is -1.92. The molecule has 6 heteroatoms. The molecule has 1 aliphatic heterocycles. The Labute approximate surface area is 172 Å². The summed E-state index contributed by atoms with van der Waals surface area (Å²) in [4.78, 5) is 27.8. The second-order valence-electron chi connectivity index (χ2n) is 9.74. The molecule has 29 heavy (non-hydrogen) atoms. The number of aliphatic hydroxyl groups is 1. The van der Waals surface area contributed by atoms with Crippen LogP contribution in [0.3, 0.4) is 0 Å². The lowest BCUT2D eigenvalue weighted by molar-refractivity contribution is -0.179. The molecule has 3 N–H and O–H groups in total. The quantitative estimate of drug-likeness (QED) is 0.717. The van der Waals surface area contributed by atoms with Crippen LogP contribution in [-0.4, -0.2) is 58.6 Å². The van der Waals surface area contributed by atoms with E-state index in [1.807, 2.05) is 27.0 Å². The van der Waals surface area contributed by atoms with Gasteiger partial charge in [-0.25, -0.2) is 0 Å². The van der Waals surface area contributed by atoms with E-state index in [1.165, 1.54) is 0 Å². The molecule has 1 amide bonds. The Bertz CT molecular complexity index is 838. The lowest BCUT2D eigenvalue weighted by Crippen LogP contribution is -2.73. The van der Waals surface area contributed by atoms with Crippen LogP contribution in [0.5, 0.6) is 5.75 Å². The number of likely N-dealkylation sites (tertiary alicyclic amines) is 1. The number of aromatic hydroxyl groups is 1. The smallest absolute Gasteiger partial charge is 0.220 e. The number of phenols is 1. The van der Waals surface area contributed by atoms with E-state index in [1.54, 1.807) is 12.1 Å². The molecule has 2 bridgehead atoms. The summed E-state index contributed by atoms with van der Waals surface area (Å²) in [6.45, 7) is 5.45. The third-order valence-corrected chi connectivity index (χ3v) is 7.45. The predicted molar refractivity (Wildman–Crippen MR) is 110 cm³/mol. The summed E-state index contributed by atoms with van der Waals surface area (Å²) in [6.07, 6.45) is 2.01. The maximum atomic E-state index is 13.2. The Morgan fingerprint density at radius 2 is 2.14 bits per heavy atom. The van der Waals surface area contributed by atoms with Gasteiger partial charge in [-0.05, 0) is 62.0 Å². The van der Waals surface area contributed by atoms with Crippen molar-refractivity contribution >= 4 is 11.7 Å². The van der Waals surface area contributed by atoms with Crippen molar-refractivity contribution in [2.24, 2.45) is 11.8 Å². The summed E-state index contributed by atoms with van der Waals surface area (Å²) >= 11 is 0. The highest BCUT2D eigenvalue weighted by Crippen LogP contribution is 2.58. The van der Waals surface area contributed by atoms with E-state index in [0.717, 1.165) is 17.7 Å². The van der Waals surface area contributed by atoms with Crippen LogP contribution in [0, 0.1) is 11.8 Å². The van der Waals surface area contributed by atoms with Gasteiger partial charge in [0.25, 0.3) is 0 Å². The zero-order valence-corrected chi connectivity index (χ0v) is 17.6. The number of fused-ring (bicyclic) bond motifs is 1. The molecule has 2 aliphatic carbocycles. The van der Waals surface area contributed by atoms with Gasteiger partial charge in [-0.3, -0.25) is 9.59 Å². The standard InChI is InChI=1S/C23H32N2O4/c1-14(2)13-24-21(28)9-16-11-23(29)20-8-15-4-5-17(26)10-18(15)22(23,12-19(16)27)6-7-25(20)3/h4-5,10,14,16,20,26,29H,6-9,11-13H2,1-3H3,(H,24,28)/t16-,20+,22+,23+/m0/s1. The van der Waals surface area contributed by atoms with Crippen LogP contribution in [0.2, 0.25) is 0 Å². The number of carbonyl (C=O) groups is 2. The third kappa shape index (κ3) is 3.17. The van der Waals surface area contributed by atoms with Gasteiger partial charge >= 0.3 is 0 Å². The number of hydrogen-bond donors (Lipinski definition) is 3. The molecule has 1 saturated carbocycles. The average molecular weight is 401 g/mol. The van der Waals surface area contributed by atoms with E-state index in [4.69, 9.17) is 0 Å². The molecule has 1 saturated heterocycles. The van der Waals surface area contributed by atoms with Gasteiger partial charge in [0.05, 0.1) is 5.60 Å². The number of ketones is 1. The zero-order valence-electron chi connectivity index (χ0n) is 17.6. The molecule has 6 nitrogen and oxygen atoms in total. The highest BCUT2D eigenvalue weighted by Gasteiger charge is 2.65. The maximum Gasteiger partial charge on any atom is 0.220 e. The van der Waals surface area contributed by atoms with Crippen LogP contribution in [0.1, 0.15) is 50.7 Å². The maximum absolute atomic E-state index is 13.2. The number of hydrogen-bond acceptors (Lipinski definition) is 5. The fraction of sp³-hybridized carbons (Fsp3) is 0.652. The first-order valence-electron chi connectivity index (χ1n) is 10.7. The minimum Gasteiger partial charge on any atom is -0.508 e. The summed E-state index contributed by atoms with van der Waals surface area (Å²) in [5, 5.41) is 25.1. The van der Waals surface area contributed by atoms with Crippen molar-refractivity contribution in [3.8, 4) is 5.75 Å². The van der Waals surface area contributed by atoms with Crippen LogP contribution >= 0.6 is 0 Å². The first kappa shape index (κ1) is 20.4. The van der Waals surface area contributed by atoms with Crippen molar-refractivity contribution in [2.75, 3.05) is 20.1 Å². The van der Waals surface area contributed by atoms with E-state index in [0.29, 0.717) is 31.7 Å². The van der Waals surface area contributed by atoms with Crippen molar-refractivity contribution in [1.29, 1.82) is 0 Å². The fourth-order valence-corrected chi connectivity index (χ4v) is 5.91. The number of nitrogens with zero attached hydrogens (tertiary/aromatic N) is 1. The number of likely N-dealkylation sites (N-methyl/N-ethyl adjacent to an activating group) is 1. The monoisotopic (exact) mass is 400 g/mol. The van der Waals surface area contributed by atoms with Crippen LogP contribution < -0.4 is 5.32 Å². The Morgan fingerprint density at radius 1 is 1.38 bits per heavy atom. The minimum absolute atomic E-state index is 0.0499. The molecule has 1 aromatic carbocycles. The fourth-order valence-electron chi connectivity index (χ4n) is 5.91. The van der Waals surface area contributed by atoms with Gasteiger partial charge in [-0.15, -0.1) is 0 Å². The molecule has 4 rings (SSSR count). The average Bonchev–Trinajstić information content (AvgIpc) is 2.65. The third-order valence-electron chi connectivity index (χ3n) is 7.45. The van der Waals surface area contributed by atoms with Crippen LogP contribution in [0.4, 0.5) is 0 Å². The van der Waals surface area contributed by atoms with Gasteiger partial charge in [0.15, 0.2) is 0 Å². The van der Waals surface area contributed by atoms with Crippen molar-refractivity contribution < 1.29 is 19.8 Å². The van der Waals surface area contributed by atoms with Crippen molar-refractivity contribution in [1.82, 2.24) is 10.2 Å². The molecule has 3 aliphatic rings. The lowest BCUT2D eigenvalue weighted by atomic mass is 9.47. The number of rotatable bonds is 4. The van der Waals surface area contributed by atoms with Gasteiger partial charge in [0.1, 0.15) is 11.5 Å². The molecule has 0 radical (unpaired) electrons. The van der Waals surface area contributed by atoms with Gasteiger partial charge in [0.2, 0.25) is 5.91 Å². The van der Waals surface area contributed by atoms with E-state index in [-0.39, 0.29) is 36.3 Å². The number of nitrogens with one attached hydrogen (secondary N) is 1. The largest absolute Gasteiger partial charge is 0.508 e. The molecule has 2 fully saturated rings. The van der Waals surface area contributed by atoms with Crippen LogP contribution in [0.15, 0.2) is 18.2 Å². The second-order valence-corrected chi connectivity index (χ2v) is 9.74. The number of phenolic OH excluding ortho intramolecular Hbond substituents is 1. The molecular weight excluding hydrogens is 368 g/mol. The van der Waals surface area contributed by atoms with Crippen molar-refractivity contribution in [3.63, 3.8) is 0 Å². The van der Waals surface area contributed by atoms with Crippen LogP contribution in [0.25, 0.3) is 0 Å². The molecule has 0 spiro atoms.